The van der Waals surface area contributed by atoms with Gasteiger partial charge in [-0.1, -0.05) is 31.2 Å². The summed E-state index contributed by atoms with van der Waals surface area (Å²) in [6.07, 6.45) is 3.77. The average molecular weight is 175 g/mol. The highest BCUT2D eigenvalue weighted by Crippen LogP contribution is 2.25. The predicted octanol–water partition coefficient (Wildman–Crippen LogP) is 2.67. The van der Waals surface area contributed by atoms with E-state index in [2.05, 4.69) is 36.5 Å². The molecule has 0 amide bonds. The number of rotatable bonds is 2. The molecular formula is C12H17N. The quantitative estimate of drug-likeness (QED) is 0.728. The van der Waals surface area contributed by atoms with Crippen LogP contribution in [0.2, 0.25) is 0 Å². The standard InChI is InChI=1S/C12H17N/c1-2-10-6-3-4-7-11(10)12-8-5-9-13-12/h3-4,6-7,12-13H,2,5,8-9H2,1H3/t12-/m0/s1. The van der Waals surface area contributed by atoms with Crippen LogP contribution in [0.25, 0.3) is 0 Å². The van der Waals surface area contributed by atoms with Gasteiger partial charge in [-0.05, 0) is 36.9 Å². The number of nitrogens with one attached hydrogen (secondary N) is 1. The average Bonchev–Trinajstić information content (AvgIpc) is 2.70. The zero-order chi connectivity index (χ0) is 9.10. The Kier molecular flexibility index (Phi) is 2.65. The lowest BCUT2D eigenvalue weighted by Crippen LogP contribution is -2.14. The third-order valence-corrected chi connectivity index (χ3v) is 2.87. The monoisotopic (exact) mass is 175 g/mol. The van der Waals surface area contributed by atoms with Crippen molar-refractivity contribution < 1.29 is 0 Å². The molecule has 70 valence electrons. The lowest BCUT2D eigenvalue weighted by Gasteiger charge is -2.14. The van der Waals surface area contributed by atoms with Crippen LogP contribution in [-0.4, -0.2) is 6.54 Å². The Labute approximate surface area is 80.2 Å². The molecule has 1 heterocycles. The first-order valence-corrected chi connectivity index (χ1v) is 5.23. The van der Waals surface area contributed by atoms with Gasteiger partial charge in [-0.3, -0.25) is 0 Å². The van der Waals surface area contributed by atoms with Gasteiger partial charge in [0.15, 0.2) is 0 Å². The molecule has 0 bridgehead atoms. The summed E-state index contributed by atoms with van der Waals surface area (Å²) >= 11 is 0. The molecule has 1 fully saturated rings. The Morgan fingerprint density at radius 1 is 1.38 bits per heavy atom. The van der Waals surface area contributed by atoms with Crippen molar-refractivity contribution in [3.05, 3.63) is 35.4 Å². The van der Waals surface area contributed by atoms with Crippen LogP contribution in [0.1, 0.15) is 36.9 Å². The van der Waals surface area contributed by atoms with Crippen molar-refractivity contribution in [1.82, 2.24) is 5.32 Å². The lowest BCUT2D eigenvalue weighted by molar-refractivity contribution is 0.641. The van der Waals surface area contributed by atoms with Gasteiger partial charge in [-0.2, -0.15) is 0 Å². The summed E-state index contributed by atoms with van der Waals surface area (Å²) in [7, 11) is 0. The minimum absolute atomic E-state index is 0.621. The first-order chi connectivity index (χ1) is 6.42. The molecule has 1 N–H and O–H groups in total. The minimum atomic E-state index is 0.621. The van der Waals surface area contributed by atoms with Crippen LogP contribution < -0.4 is 5.32 Å². The summed E-state index contributed by atoms with van der Waals surface area (Å²) in [6.45, 7) is 3.41. The Bertz CT molecular complexity index is 274. The summed E-state index contributed by atoms with van der Waals surface area (Å²) in [5, 5.41) is 3.55. The molecule has 1 heteroatoms. The zero-order valence-corrected chi connectivity index (χ0v) is 8.22. The van der Waals surface area contributed by atoms with Crippen LogP contribution in [0, 0.1) is 0 Å². The first-order valence-electron chi connectivity index (χ1n) is 5.23. The van der Waals surface area contributed by atoms with Crippen LogP contribution in [0.5, 0.6) is 0 Å². The minimum Gasteiger partial charge on any atom is -0.310 e. The number of aryl methyl sites for hydroxylation is 1. The molecule has 1 aromatic rings. The van der Waals surface area contributed by atoms with E-state index in [-0.39, 0.29) is 0 Å². The number of benzene rings is 1. The Morgan fingerprint density at radius 2 is 2.23 bits per heavy atom. The van der Waals surface area contributed by atoms with Crippen molar-refractivity contribution in [2.24, 2.45) is 0 Å². The largest absolute Gasteiger partial charge is 0.310 e. The smallest absolute Gasteiger partial charge is 0.0323 e. The molecule has 0 saturated carbocycles. The normalized spacial score (nSPS) is 22.1. The van der Waals surface area contributed by atoms with Crippen molar-refractivity contribution >= 4 is 0 Å². The van der Waals surface area contributed by atoms with Crippen LogP contribution in [0.4, 0.5) is 0 Å². The molecule has 1 aromatic carbocycles. The van der Waals surface area contributed by atoms with Gasteiger partial charge in [0.25, 0.3) is 0 Å². The van der Waals surface area contributed by atoms with Gasteiger partial charge in [0.2, 0.25) is 0 Å². The van der Waals surface area contributed by atoms with E-state index in [0.717, 1.165) is 6.42 Å². The fraction of sp³-hybridized carbons (Fsp3) is 0.500. The van der Waals surface area contributed by atoms with Crippen molar-refractivity contribution in [1.29, 1.82) is 0 Å². The maximum Gasteiger partial charge on any atom is 0.0323 e. The highest BCUT2D eigenvalue weighted by molar-refractivity contribution is 5.30. The molecule has 0 unspecified atom stereocenters. The van der Waals surface area contributed by atoms with Crippen LogP contribution >= 0.6 is 0 Å². The lowest BCUT2D eigenvalue weighted by atomic mass is 9.98. The van der Waals surface area contributed by atoms with E-state index in [0.29, 0.717) is 6.04 Å². The molecule has 0 aliphatic carbocycles. The number of hydrogen-bond donors (Lipinski definition) is 1. The van der Waals surface area contributed by atoms with E-state index in [9.17, 15) is 0 Å². The van der Waals surface area contributed by atoms with Gasteiger partial charge in [0.05, 0.1) is 0 Å². The van der Waals surface area contributed by atoms with E-state index < -0.39 is 0 Å². The first kappa shape index (κ1) is 8.76. The SMILES string of the molecule is CCc1ccccc1[C@@H]1CCCN1. The van der Waals surface area contributed by atoms with Crippen molar-refractivity contribution in [3.8, 4) is 0 Å². The second-order valence-corrected chi connectivity index (χ2v) is 3.70. The highest BCUT2D eigenvalue weighted by Gasteiger charge is 2.17. The summed E-state index contributed by atoms with van der Waals surface area (Å²) in [5.74, 6) is 0. The predicted molar refractivity (Wildman–Crippen MR) is 55.8 cm³/mol. The molecule has 1 aliphatic rings. The van der Waals surface area contributed by atoms with E-state index >= 15 is 0 Å². The van der Waals surface area contributed by atoms with E-state index in [1.54, 1.807) is 0 Å². The highest BCUT2D eigenvalue weighted by atomic mass is 14.9. The van der Waals surface area contributed by atoms with Crippen molar-refractivity contribution in [2.75, 3.05) is 6.54 Å². The molecule has 0 aromatic heterocycles. The van der Waals surface area contributed by atoms with Crippen LogP contribution in [-0.2, 0) is 6.42 Å². The second-order valence-electron chi connectivity index (χ2n) is 3.70. The molecule has 2 rings (SSSR count). The number of hydrogen-bond acceptors (Lipinski definition) is 1. The molecular weight excluding hydrogens is 158 g/mol. The van der Waals surface area contributed by atoms with Crippen molar-refractivity contribution in [3.63, 3.8) is 0 Å². The topological polar surface area (TPSA) is 12.0 Å². The second kappa shape index (κ2) is 3.93. The molecule has 1 nitrogen and oxygen atoms in total. The fourth-order valence-corrected chi connectivity index (χ4v) is 2.15. The molecule has 1 atom stereocenters. The summed E-state index contributed by atoms with van der Waals surface area (Å²) < 4.78 is 0. The van der Waals surface area contributed by atoms with Gasteiger partial charge in [0.1, 0.15) is 0 Å². The molecule has 1 saturated heterocycles. The maximum absolute atomic E-state index is 3.55. The Hall–Kier alpha value is -0.820. The van der Waals surface area contributed by atoms with Gasteiger partial charge >= 0.3 is 0 Å². The van der Waals surface area contributed by atoms with Gasteiger partial charge in [-0.25, -0.2) is 0 Å². The maximum atomic E-state index is 3.55. The van der Waals surface area contributed by atoms with Gasteiger partial charge in [-0.15, -0.1) is 0 Å². The zero-order valence-electron chi connectivity index (χ0n) is 8.22. The molecule has 1 aliphatic heterocycles. The van der Waals surface area contributed by atoms with E-state index in [1.807, 2.05) is 0 Å². The Morgan fingerprint density at radius 3 is 2.92 bits per heavy atom. The molecule has 0 radical (unpaired) electrons. The van der Waals surface area contributed by atoms with E-state index in [1.165, 1.54) is 30.5 Å². The summed E-state index contributed by atoms with van der Waals surface area (Å²) in [5.41, 5.74) is 3.02. The van der Waals surface area contributed by atoms with Gasteiger partial charge < -0.3 is 5.32 Å². The van der Waals surface area contributed by atoms with Crippen LogP contribution in [0.15, 0.2) is 24.3 Å². The van der Waals surface area contributed by atoms with Crippen molar-refractivity contribution in [2.45, 2.75) is 32.2 Å². The summed E-state index contributed by atoms with van der Waals surface area (Å²) in [4.78, 5) is 0. The van der Waals surface area contributed by atoms with Gasteiger partial charge in [0, 0.05) is 6.04 Å². The molecule has 0 spiro atoms. The third-order valence-electron chi connectivity index (χ3n) is 2.87. The third kappa shape index (κ3) is 1.75. The fourth-order valence-electron chi connectivity index (χ4n) is 2.15. The molecule has 13 heavy (non-hydrogen) atoms. The summed E-state index contributed by atoms with van der Waals surface area (Å²) in [6, 6.07) is 9.42. The van der Waals surface area contributed by atoms with Crippen LogP contribution in [0.3, 0.4) is 0 Å². The van der Waals surface area contributed by atoms with E-state index in [4.69, 9.17) is 0 Å². The Balaban J connectivity index is 2.26.